The lowest BCUT2D eigenvalue weighted by molar-refractivity contribution is -0.143. The number of hydrogen-bond donors (Lipinski definition) is 3. The second-order valence-electron chi connectivity index (χ2n) is 2.43. The van der Waals surface area contributed by atoms with Gasteiger partial charge in [-0.25, -0.2) is 0 Å². The van der Waals surface area contributed by atoms with Crippen molar-refractivity contribution in [2.75, 3.05) is 19.8 Å². The van der Waals surface area contributed by atoms with E-state index in [2.05, 4.69) is 30.6 Å². The fraction of sp³-hybridized carbons (Fsp3) is 0.571. The van der Waals surface area contributed by atoms with Crippen LogP contribution in [0, 0.1) is 0 Å². The number of nitrogens with one attached hydrogen (secondary N) is 1. The standard InChI is InChI=1S/C7H12N2O2S4/c1-2-11-5(10)3-9(7(14)15)4-8-6(12)13/h2-4H2,1H3,(H,14,15)(H2,8,12,13). The van der Waals surface area contributed by atoms with Gasteiger partial charge in [-0.05, 0) is 6.92 Å². The zero-order chi connectivity index (χ0) is 11.8. The Labute approximate surface area is 111 Å². The number of carbonyl (C=O) groups excluding carboxylic acids is 1. The molecule has 0 aliphatic heterocycles. The van der Waals surface area contributed by atoms with Crippen LogP contribution in [0.3, 0.4) is 0 Å². The second kappa shape index (κ2) is 8.14. The summed E-state index contributed by atoms with van der Waals surface area (Å²) in [6.45, 7) is 2.40. The van der Waals surface area contributed by atoms with Crippen LogP contribution in [0.4, 0.5) is 0 Å². The SMILES string of the molecule is CCOC(=O)CN(CNC(=S)S)C(=S)S. The molecule has 0 aromatic heterocycles. The molecule has 0 saturated heterocycles. The molecule has 0 spiro atoms. The van der Waals surface area contributed by atoms with Gasteiger partial charge in [-0.15, -0.1) is 25.3 Å². The average Bonchev–Trinajstić information content (AvgIpc) is 2.11. The molecule has 0 saturated carbocycles. The molecule has 0 aliphatic rings. The lowest BCUT2D eigenvalue weighted by Gasteiger charge is -2.21. The Kier molecular flexibility index (Phi) is 8.12. The van der Waals surface area contributed by atoms with Gasteiger partial charge in [0.05, 0.1) is 13.3 Å². The van der Waals surface area contributed by atoms with Crippen molar-refractivity contribution < 1.29 is 9.53 Å². The minimum Gasteiger partial charge on any atom is -0.465 e. The highest BCUT2D eigenvalue weighted by Gasteiger charge is 2.12. The van der Waals surface area contributed by atoms with Gasteiger partial charge in [0, 0.05) is 0 Å². The van der Waals surface area contributed by atoms with E-state index >= 15 is 0 Å². The molecule has 0 aromatic carbocycles. The number of thiocarbonyl (C=S) groups is 2. The summed E-state index contributed by atoms with van der Waals surface area (Å²) >= 11 is 17.4. The Morgan fingerprint density at radius 1 is 1.47 bits per heavy atom. The summed E-state index contributed by atoms with van der Waals surface area (Å²) in [5.74, 6) is -0.360. The van der Waals surface area contributed by atoms with Crippen LogP contribution in [-0.2, 0) is 9.53 Å². The molecule has 0 heterocycles. The topological polar surface area (TPSA) is 41.6 Å². The largest absolute Gasteiger partial charge is 0.465 e. The van der Waals surface area contributed by atoms with Crippen molar-refractivity contribution >= 4 is 64.3 Å². The van der Waals surface area contributed by atoms with E-state index in [9.17, 15) is 4.79 Å². The van der Waals surface area contributed by atoms with Crippen molar-refractivity contribution in [3.8, 4) is 0 Å². The highest BCUT2D eigenvalue weighted by Crippen LogP contribution is 1.96. The molecular formula is C7H12N2O2S4. The first kappa shape index (κ1) is 14.9. The molecule has 0 radical (unpaired) electrons. The van der Waals surface area contributed by atoms with E-state index < -0.39 is 0 Å². The van der Waals surface area contributed by atoms with Crippen LogP contribution in [0.2, 0.25) is 0 Å². The maximum atomic E-state index is 11.2. The van der Waals surface area contributed by atoms with Crippen molar-refractivity contribution in [1.82, 2.24) is 10.2 Å². The maximum Gasteiger partial charge on any atom is 0.325 e. The first-order valence-electron chi connectivity index (χ1n) is 4.07. The lowest BCUT2D eigenvalue weighted by Crippen LogP contribution is -2.40. The molecule has 0 atom stereocenters. The van der Waals surface area contributed by atoms with Crippen LogP contribution in [0.1, 0.15) is 6.92 Å². The van der Waals surface area contributed by atoms with Crippen molar-refractivity contribution in [3.63, 3.8) is 0 Å². The molecule has 0 bridgehead atoms. The molecular weight excluding hydrogens is 272 g/mol. The lowest BCUT2D eigenvalue weighted by atomic mass is 10.6. The highest BCUT2D eigenvalue weighted by molar-refractivity contribution is 8.11. The number of hydrogen-bond acceptors (Lipinski definition) is 4. The first-order valence-corrected chi connectivity index (χ1v) is 5.78. The van der Waals surface area contributed by atoms with E-state index in [0.717, 1.165) is 0 Å². The third-order valence-corrected chi connectivity index (χ3v) is 2.16. The molecule has 0 unspecified atom stereocenters. The summed E-state index contributed by atoms with van der Waals surface area (Å²) in [5.41, 5.74) is 0. The van der Waals surface area contributed by atoms with Crippen molar-refractivity contribution in [2.45, 2.75) is 6.92 Å². The van der Waals surface area contributed by atoms with E-state index in [1.165, 1.54) is 4.90 Å². The van der Waals surface area contributed by atoms with Gasteiger partial charge in [-0.3, -0.25) is 4.79 Å². The third kappa shape index (κ3) is 7.83. The van der Waals surface area contributed by atoms with E-state index in [1.807, 2.05) is 0 Å². The van der Waals surface area contributed by atoms with Gasteiger partial charge in [0.1, 0.15) is 15.2 Å². The zero-order valence-corrected chi connectivity index (χ0v) is 11.5. The molecule has 1 N–H and O–H groups in total. The predicted molar refractivity (Wildman–Crippen MR) is 74.5 cm³/mol. The van der Waals surface area contributed by atoms with Crippen molar-refractivity contribution in [1.29, 1.82) is 0 Å². The number of nitrogens with zero attached hydrogens (tertiary/aromatic N) is 1. The van der Waals surface area contributed by atoms with Crippen LogP contribution in [0.15, 0.2) is 0 Å². The van der Waals surface area contributed by atoms with Crippen molar-refractivity contribution in [2.24, 2.45) is 0 Å². The normalized spacial score (nSPS) is 9.27. The molecule has 15 heavy (non-hydrogen) atoms. The molecule has 0 aromatic rings. The van der Waals surface area contributed by atoms with E-state index in [-0.39, 0.29) is 19.2 Å². The molecule has 86 valence electrons. The van der Waals surface area contributed by atoms with E-state index in [1.54, 1.807) is 6.92 Å². The van der Waals surface area contributed by atoms with E-state index in [4.69, 9.17) is 29.2 Å². The third-order valence-electron chi connectivity index (χ3n) is 1.32. The summed E-state index contributed by atoms with van der Waals surface area (Å²) in [5, 5.41) is 2.75. The summed E-state index contributed by atoms with van der Waals surface area (Å²) < 4.78 is 5.39. The zero-order valence-electron chi connectivity index (χ0n) is 8.10. The number of thiol groups is 2. The number of esters is 1. The fourth-order valence-electron chi connectivity index (χ4n) is 0.717. The summed E-state index contributed by atoms with van der Waals surface area (Å²) in [4.78, 5) is 12.7. The van der Waals surface area contributed by atoms with Crippen LogP contribution < -0.4 is 5.32 Å². The maximum absolute atomic E-state index is 11.2. The van der Waals surface area contributed by atoms with Crippen LogP contribution >= 0.6 is 49.7 Å². The average molecular weight is 284 g/mol. The van der Waals surface area contributed by atoms with E-state index in [0.29, 0.717) is 15.2 Å². The molecule has 0 amide bonds. The van der Waals surface area contributed by atoms with Gasteiger partial charge in [0.25, 0.3) is 0 Å². The summed E-state index contributed by atoms with van der Waals surface area (Å²) in [7, 11) is 0. The summed E-state index contributed by atoms with van der Waals surface area (Å²) in [6.07, 6.45) is 0. The second-order valence-corrected chi connectivity index (χ2v) is 4.70. The summed E-state index contributed by atoms with van der Waals surface area (Å²) in [6, 6.07) is 0. The Balaban J connectivity index is 4.10. The monoisotopic (exact) mass is 284 g/mol. The molecule has 4 nitrogen and oxygen atoms in total. The molecule has 8 heteroatoms. The van der Waals surface area contributed by atoms with Gasteiger partial charge >= 0.3 is 5.97 Å². The van der Waals surface area contributed by atoms with Crippen LogP contribution in [0.5, 0.6) is 0 Å². The van der Waals surface area contributed by atoms with Gasteiger partial charge < -0.3 is 15.0 Å². The Hall–Kier alpha value is -0.0500. The fourth-order valence-corrected chi connectivity index (χ4v) is 1.12. The number of carbonyl (C=O) groups is 1. The number of rotatable bonds is 5. The minimum absolute atomic E-state index is 0.0412. The van der Waals surface area contributed by atoms with Gasteiger partial charge in [-0.2, -0.15) is 0 Å². The van der Waals surface area contributed by atoms with Crippen LogP contribution in [-0.4, -0.2) is 39.3 Å². The van der Waals surface area contributed by atoms with Gasteiger partial charge in [0.2, 0.25) is 0 Å². The number of ether oxygens (including phenoxy) is 1. The quantitative estimate of drug-likeness (QED) is 0.301. The highest BCUT2D eigenvalue weighted by atomic mass is 32.1. The molecule has 0 fully saturated rings. The Morgan fingerprint density at radius 2 is 2.07 bits per heavy atom. The Morgan fingerprint density at radius 3 is 2.47 bits per heavy atom. The van der Waals surface area contributed by atoms with Crippen molar-refractivity contribution in [3.05, 3.63) is 0 Å². The van der Waals surface area contributed by atoms with Gasteiger partial charge in [-0.1, -0.05) is 24.4 Å². The predicted octanol–water partition coefficient (Wildman–Crippen LogP) is 0.828. The molecule has 0 rings (SSSR count). The molecule has 0 aliphatic carbocycles. The Bertz CT molecular complexity index is 259. The smallest absolute Gasteiger partial charge is 0.325 e. The van der Waals surface area contributed by atoms with Crippen LogP contribution in [0.25, 0.3) is 0 Å². The minimum atomic E-state index is -0.360. The first-order chi connectivity index (χ1) is 6.97. The van der Waals surface area contributed by atoms with Gasteiger partial charge in [0.15, 0.2) is 0 Å².